The third-order valence-electron chi connectivity index (χ3n) is 3.20. The number of halogens is 2. The molecule has 134 valence electrons. The van der Waals surface area contributed by atoms with Gasteiger partial charge in [0.25, 0.3) is 0 Å². The van der Waals surface area contributed by atoms with Gasteiger partial charge in [0.15, 0.2) is 5.82 Å². The number of hydrogen-bond donors (Lipinski definition) is 2. The van der Waals surface area contributed by atoms with E-state index in [1.165, 1.54) is 0 Å². The molecule has 0 aliphatic heterocycles. The largest absolute Gasteiger partial charge is 0.443 e. The van der Waals surface area contributed by atoms with E-state index in [0.29, 0.717) is 12.1 Å². The van der Waals surface area contributed by atoms with Crippen LogP contribution in [0, 0.1) is 12.7 Å². The zero-order valence-electron chi connectivity index (χ0n) is 14.5. The molecule has 0 fully saturated rings. The number of amides is 1. The van der Waals surface area contributed by atoms with Crippen LogP contribution < -0.4 is 10.9 Å². The summed E-state index contributed by atoms with van der Waals surface area (Å²) in [6.45, 7) is 7.63. The minimum absolute atomic E-state index is 0.0126. The van der Waals surface area contributed by atoms with Crippen LogP contribution in [0.15, 0.2) is 24.4 Å². The molecule has 0 saturated heterocycles. The number of hydrogen-bond acceptors (Lipinski definition) is 5. The van der Waals surface area contributed by atoms with Crippen molar-refractivity contribution in [3.8, 4) is 11.3 Å². The lowest BCUT2D eigenvalue weighted by Gasteiger charge is -2.20. The maximum Gasteiger partial charge on any atom is 0.422 e. The van der Waals surface area contributed by atoms with Crippen LogP contribution in [0.2, 0.25) is 5.28 Å². The Bertz CT molecular complexity index is 778. The van der Waals surface area contributed by atoms with Gasteiger partial charge in [-0.2, -0.15) is 0 Å². The molecule has 0 spiro atoms. The Kier molecular flexibility index (Phi) is 5.92. The average molecular weight is 367 g/mol. The van der Waals surface area contributed by atoms with Gasteiger partial charge in [-0.15, -0.1) is 0 Å². The first-order valence-electron chi connectivity index (χ1n) is 7.65. The standard InChI is InChI=1S/C17H20ClFN4O2/c1-10-7-11(14-13(19)9-20-15(18)22-14)5-6-12(10)8-21-23-16(24)25-17(2,3)4/h5-7,9,21H,8H2,1-4H3,(H,23,24). The van der Waals surface area contributed by atoms with E-state index in [1.54, 1.807) is 32.9 Å². The van der Waals surface area contributed by atoms with Crippen LogP contribution >= 0.6 is 11.6 Å². The number of benzene rings is 1. The molecule has 25 heavy (non-hydrogen) atoms. The fraction of sp³-hybridized carbons (Fsp3) is 0.353. The maximum absolute atomic E-state index is 13.9. The Morgan fingerprint density at radius 3 is 2.72 bits per heavy atom. The molecule has 1 heterocycles. The van der Waals surface area contributed by atoms with Crippen molar-refractivity contribution in [3.05, 3.63) is 46.6 Å². The lowest BCUT2D eigenvalue weighted by atomic mass is 10.0. The summed E-state index contributed by atoms with van der Waals surface area (Å²) >= 11 is 5.73. The Morgan fingerprint density at radius 2 is 2.08 bits per heavy atom. The van der Waals surface area contributed by atoms with Crippen LogP contribution in [0.25, 0.3) is 11.3 Å². The lowest BCUT2D eigenvalue weighted by molar-refractivity contribution is 0.0497. The first-order valence-corrected chi connectivity index (χ1v) is 8.03. The zero-order chi connectivity index (χ0) is 18.6. The second kappa shape index (κ2) is 7.76. The number of nitrogens with zero attached hydrogens (tertiary/aromatic N) is 2. The second-order valence-corrected chi connectivity index (χ2v) is 6.80. The lowest BCUT2D eigenvalue weighted by Crippen LogP contribution is -2.40. The molecular weight excluding hydrogens is 347 g/mol. The topological polar surface area (TPSA) is 76.1 Å². The third kappa shape index (κ3) is 5.65. The number of rotatable bonds is 4. The van der Waals surface area contributed by atoms with Crippen molar-refractivity contribution in [2.24, 2.45) is 0 Å². The van der Waals surface area contributed by atoms with Crippen LogP contribution in [0.5, 0.6) is 0 Å². The van der Waals surface area contributed by atoms with Gasteiger partial charge in [-0.25, -0.2) is 24.6 Å². The first-order chi connectivity index (χ1) is 11.7. The van der Waals surface area contributed by atoms with Crippen molar-refractivity contribution in [1.29, 1.82) is 0 Å². The molecule has 1 amide bonds. The minimum atomic E-state index is -0.563. The molecule has 2 rings (SSSR count). The van der Waals surface area contributed by atoms with Crippen LogP contribution in [0.1, 0.15) is 31.9 Å². The summed E-state index contributed by atoms with van der Waals surface area (Å²) in [5.41, 5.74) is 7.29. The predicted octanol–water partition coefficient (Wildman–Crippen LogP) is 3.77. The van der Waals surface area contributed by atoms with Gasteiger partial charge in [-0.1, -0.05) is 12.1 Å². The van der Waals surface area contributed by atoms with Gasteiger partial charge in [-0.3, -0.25) is 5.43 Å². The Morgan fingerprint density at radius 1 is 1.36 bits per heavy atom. The highest BCUT2D eigenvalue weighted by Crippen LogP contribution is 2.23. The highest BCUT2D eigenvalue weighted by atomic mass is 35.5. The quantitative estimate of drug-likeness (QED) is 0.636. The van der Waals surface area contributed by atoms with Crippen LogP contribution in [-0.2, 0) is 11.3 Å². The van der Waals surface area contributed by atoms with Gasteiger partial charge in [0.1, 0.15) is 11.3 Å². The summed E-state index contributed by atoms with van der Waals surface area (Å²) in [4.78, 5) is 19.1. The van der Waals surface area contributed by atoms with Crippen molar-refractivity contribution < 1.29 is 13.9 Å². The fourth-order valence-corrected chi connectivity index (χ4v) is 2.24. The van der Waals surface area contributed by atoms with Crippen LogP contribution in [-0.4, -0.2) is 21.7 Å². The highest BCUT2D eigenvalue weighted by Gasteiger charge is 2.15. The molecule has 0 radical (unpaired) electrons. The molecule has 8 heteroatoms. The number of hydrazine groups is 1. The van der Waals surface area contributed by atoms with Gasteiger partial charge in [0, 0.05) is 12.1 Å². The van der Waals surface area contributed by atoms with E-state index in [4.69, 9.17) is 16.3 Å². The number of aromatic nitrogens is 2. The smallest absolute Gasteiger partial charge is 0.422 e. The fourth-order valence-electron chi connectivity index (χ4n) is 2.10. The van der Waals surface area contributed by atoms with Crippen molar-refractivity contribution in [3.63, 3.8) is 0 Å². The molecule has 2 N–H and O–H groups in total. The van der Waals surface area contributed by atoms with E-state index < -0.39 is 17.5 Å². The second-order valence-electron chi connectivity index (χ2n) is 6.46. The van der Waals surface area contributed by atoms with Crippen molar-refractivity contribution >= 4 is 17.7 Å². The molecule has 1 aromatic carbocycles. The van der Waals surface area contributed by atoms with Gasteiger partial charge in [0.05, 0.1) is 6.20 Å². The maximum atomic E-state index is 13.9. The molecule has 0 unspecified atom stereocenters. The third-order valence-corrected chi connectivity index (χ3v) is 3.38. The molecule has 6 nitrogen and oxygen atoms in total. The summed E-state index contributed by atoms with van der Waals surface area (Å²) in [5.74, 6) is -0.540. The van der Waals surface area contributed by atoms with Crippen molar-refractivity contribution in [2.45, 2.75) is 39.8 Å². The number of aryl methyl sites for hydroxylation is 1. The van der Waals surface area contributed by atoms with Gasteiger partial charge in [0.2, 0.25) is 5.28 Å². The molecule has 0 atom stereocenters. The summed E-state index contributed by atoms with van der Waals surface area (Å²) < 4.78 is 19.0. The van der Waals surface area contributed by atoms with E-state index in [0.717, 1.165) is 17.3 Å². The monoisotopic (exact) mass is 366 g/mol. The molecule has 0 aliphatic rings. The first kappa shape index (κ1) is 19.1. The zero-order valence-corrected chi connectivity index (χ0v) is 15.2. The van der Waals surface area contributed by atoms with Crippen LogP contribution in [0.4, 0.5) is 9.18 Å². The molecule has 2 aromatic rings. The van der Waals surface area contributed by atoms with Crippen molar-refractivity contribution in [1.82, 2.24) is 20.8 Å². The molecular formula is C17H20ClFN4O2. The number of carbonyl (C=O) groups is 1. The SMILES string of the molecule is Cc1cc(-c2nc(Cl)ncc2F)ccc1CNNC(=O)OC(C)(C)C. The van der Waals surface area contributed by atoms with Gasteiger partial charge < -0.3 is 4.74 Å². The highest BCUT2D eigenvalue weighted by molar-refractivity contribution is 6.28. The number of ether oxygens (including phenoxy) is 1. The molecule has 0 saturated carbocycles. The molecule has 0 bridgehead atoms. The van der Waals surface area contributed by atoms with Crippen molar-refractivity contribution in [2.75, 3.05) is 0 Å². The molecule has 0 aliphatic carbocycles. The van der Waals surface area contributed by atoms with E-state index in [9.17, 15) is 9.18 Å². The summed E-state index contributed by atoms with van der Waals surface area (Å²) in [5, 5.41) is -0.0126. The number of nitrogens with one attached hydrogen (secondary N) is 2. The Labute approximate surface area is 150 Å². The van der Waals surface area contributed by atoms with E-state index >= 15 is 0 Å². The number of carbonyl (C=O) groups excluding carboxylic acids is 1. The van der Waals surface area contributed by atoms with Crippen LogP contribution in [0.3, 0.4) is 0 Å². The van der Waals surface area contributed by atoms with E-state index in [-0.39, 0.29) is 11.0 Å². The molecule has 1 aromatic heterocycles. The normalized spacial score (nSPS) is 11.3. The van der Waals surface area contributed by atoms with Gasteiger partial charge in [-0.05, 0) is 56.5 Å². The minimum Gasteiger partial charge on any atom is -0.443 e. The van der Waals surface area contributed by atoms with Gasteiger partial charge >= 0.3 is 6.09 Å². The van der Waals surface area contributed by atoms with E-state index in [1.807, 2.05) is 13.0 Å². The van der Waals surface area contributed by atoms with E-state index in [2.05, 4.69) is 20.8 Å². The Hall–Kier alpha value is -2.25. The predicted molar refractivity (Wildman–Crippen MR) is 93.4 cm³/mol. The summed E-state index contributed by atoms with van der Waals surface area (Å²) in [6, 6.07) is 5.36. The summed E-state index contributed by atoms with van der Waals surface area (Å²) in [7, 11) is 0. The Balaban J connectivity index is 2.03. The average Bonchev–Trinajstić information content (AvgIpc) is 2.49. The summed E-state index contributed by atoms with van der Waals surface area (Å²) in [6.07, 6.45) is 0.486.